The lowest BCUT2D eigenvalue weighted by Crippen LogP contribution is -2.09. The summed E-state index contributed by atoms with van der Waals surface area (Å²) >= 11 is 3.34. The summed E-state index contributed by atoms with van der Waals surface area (Å²) in [6.45, 7) is 5.64. The molecular formula is C14H17BrO3. The lowest BCUT2D eigenvalue weighted by molar-refractivity contribution is -0.116. The molecule has 0 N–H and O–H groups in total. The van der Waals surface area contributed by atoms with E-state index in [0.717, 1.165) is 17.5 Å². The van der Waals surface area contributed by atoms with Gasteiger partial charge in [-0.1, -0.05) is 35.0 Å². The maximum atomic E-state index is 11.7. The highest BCUT2D eigenvalue weighted by Gasteiger charge is 2.17. The van der Waals surface area contributed by atoms with Gasteiger partial charge < -0.3 is 4.74 Å². The molecule has 98 valence electrons. The fraction of sp³-hybridized carbons (Fsp3) is 0.429. The fourth-order valence-electron chi connectivity index (χ4n) is 1.71. The Balaban J connectivity index is 3.11. The van der Waals surface area contributed by atoms with Gasteiger partial charge in [0.25, 0.3) is 0 Å². The molecule has 0 aromatic heterocycles. The van der Waals surface area contributed by atoms with Crippen LogP contribution in [0.3, 0.4) is 0 Å². The van der Waals surface area contributed by atoms with Crippen molar-refractivity contribution in [3.63, 3.8) is 0 Å². The van der Waals surface area contributed by atoms with Crippen molar-refractivity contribution in [2.45, 2.75) is 32.0 Å². The Labute approximate surface area is 116 Å². The second-order valence-electron chi connectivity index (χ2n) is 3.96. The predicted molar refractivity (Wildman–Crippen MR) is 74.1 cm³/mol. The van der Waals surface area contributed by atoms with E-state index in [1.54, 1.807) is 19.1 Å². The monoisotopic (exact) mass is 312 g/mol. The number of carbonyl (C=O) groups is 2. The molecule has 0 fully saturated rings. The Hall–Kier alpha value is -1.16. The number of alkyl halides is 1. The maximum Gasteiger partial charge on any atom is 0.338 e. The van der Waals surface area contributed by atoms with Gasteiger partial charge in [0.05, 0.1) is 17.0 Å². The van der Waals surface area contributed by atoms with Crippen molar-refractivity contribution in [2.24, 2.45) is 0 Å². The molecule has 0 aliphatic heterocycles. The van der Waals surface area contributed by atoms with E-state index in [2.05, 4.69) is 15.9 Å². The summed E-state index contributed by atoms with van der Waals surface area (Å²) in [5.74, 6) is -0.268. The zero-order chi connectivity index (χ0) is 13.7. The Morgan fingerprint density at radius 3 is 2.50 bits per heavy atom. The van der Waals surface area contributed by atoms with E-state index in [9.17, 15) is 9.59 Å². The lowest BCUT2D eigenvalue weighted by atomic mass is 9.99. The van der Waals surface area contributed by atoms with E-state index in [0.29, 0.717) is 12.2 Å². The summed E-state index contributed by atoms with van der Waals surface area (Å²) in [6, 6.07) is 5.39. The van der Waals surface area contributed by atoms with Gasteiger partial charge in [0.2, 0.25) is 0 Å². The molecule has 0 aliphatic carbocycles. The highest BCUT2D eigenvalue weighted by atomic mass is 79.9. The number of hydrogen-bond donors (Lipinski definition) is 0. The number of Topliss-reactive ketones (excluding diaryl/α,β-unsaturated/α-hetero) is 1. The van der Waals surface area contributed by atoms with Gasteiger partial charge in [0.1, 0.15) is 5.78 Å². The van der Waals surface area contributed by atoms with Crippen molar-refractivity contribution in [1.29, 1.82) is 0 Å². The summed E-state index contributed by atoms with van der Waals surface area (Å²) in [5.41, 5.74) is 2.34. The molecule has 0 spiro atoms. The SMILES string of the molecule is CCOC(=O)c1ccc(C(Br)C(C)=O)cc1CC. The predicted octanol–water partition coefficient (Wildman–Crippen LogP) is 3.45. The Kier molecular flexibility index (Phi) is 5.54. The van der Waals surface area contributed by atoms with E-state index < -0.39 is 0 Å². The maximum absolute atomic E-state index is 11.7. The number of hydrogen-bond acceptors (Lipinski definition) is 3. The van der Waals surface area contributed by atoms with Gasteiger partial charge in [-0.25, -0.2) is 4.79 Å². The van der Waals surface area contributed by atoms with E-state index in [1.807, 2.05) is 13.0 Å². The molecule has 0 saturated heterocycles. The van der Waals surface area contributed by atoms with Crippen LogP contribution in [0.4, 0.5) is 0 Å². The van der Waals surface area contributed by atoms with Gasteiger partial charge in [-0.3, -0.25) is 4.79 Å². The zero-order valence-corrected chi connectivity index (χ0v) is 12.4. The molecule has 0 aliphatic rings. The summed E-state index contributed by atoms with van der Waals surface area (Å²) in [7, 11) is 0. The smallest absolute Gasteiger partial charge is 0.338 e. The third-order valence-electron chi connectivity index (χ3n) is 2.66. The van der Waals surface area contributed by atoms with Crippen LogP contribution in [-0.2, 0) is 16.0 Å². The lowest BCUT2D eigenvalue weighted by Gasteiger charge is -2.12. The number of aryl methyl sites for hydroxylation is 1. The Morgan fingerprint density at radius 2 is 2.00 bits per heavy atom. The molecule has 1 rings (SSSR count). The molecule has 0 bridgehead atoms. The molecule has 0 radical (unpaired) electrons. The van der Waals surface area contributed by atoms with Crippen LogP contribution in [0, 0.1) is 0 Å². The Morgan fingerprint density at radius 1 is 1.33 bits per heavy atom. The molecule has 0 saturated carbocycles. The molecule has 4 heteroatoms. The van der Waals surface area contributed by atoms with Crippen molar-refractivity contribution in [3.8, 4) is 0 Å². The van der Waals surface area contributed by atoms with Gasteiger partial charge in [-0.2, -0.15) is 0 Å². The van der Waals surface area contributed by atoms with E-state index in [-0.39, 0.29) is 16.6 Å². The number of esters is 1. The van der Waals surface area contributed by atoms with Gasteiger partial charge >= 0.3 is 5.97 Å². The third kappa shape index (κ3) is 3.42. The van der Waals surface area contributed by atoms with Crippen LogP contribution in [-0.4, -0.2) is 18.4 Å². The topological polar surface area (TPSA) is 43.4 Å². The standard InChI is InChI=1S/C14H17BrO3/c1-4-10-8-11(13(15)9(3)16)6-7-12(10)14(17)18-5-2/h6-8,13H,4-5H2,1-3H3. The van der Waals surface area contributed by atoms with Crippen LogP contribution in [0.1, 0.15) is 47.1 Å². The minimum absolute atomic E-state index is 0.0425. The molecule has 1 aromatic carbocycles. The normalized spacial score (nSPS) is 12.0. The first-order valence-corrected chi connectivity index (χ1v) is 6.87. The number of halogens is 1. The van der Waals surface area contributed by atoms with Crippen molar-refractivity contribution >= 4 is 27.7 Å². The first-order chi connectivity index (χ1) is 8.51. The minimum Gasteiger partial charge on any atom is -0.462 e. The molecular weight excluding hydrogens is 296 g/mol. The number of carbonyl (C=O) groups excluding carboxylic acids is 2. The summed E-state index contributed by atoms with van der Waals surface area (Å²) in [4.78, 5) is 22.7. The fourth-order valence-corrected chi connectivity index (χ4v) is 1.99. The zero-order valence-electron chi connectivity index (χ0n) is 10.8. The minimum atomic E-state index is -0.320. The molecule has 1 atom stereocenters. The van der Waals surface area contributed by atoms with E-state index in [1.165, 1.54) is 6.92 Å². The first-order valence-electron chi connectivity index (χ1n) is 5.95. The summed E-state index contributed by atoms with van der Waals surface area (Å²) < 4.78 is 5.00. The largest absolute Gasteiger partial charge is 0.462 e. The van der Waals surface area contributed by atoms with Crippen LogP contribution in [0.2, 0.25) is 0 Å². The van der Waals surface area contributed by atoms with Crippen LogP contribution in [0.25, 0.3) is 0 Å². The van der Waals surface area contributed by atoms with Crippen LogP contribution in [0.5, 0.6) is 0 Å². The molecule has 3 nitrogen and oxygen atoms in total. The number of benzene rings is 1. The van der Waals surface area contributed by atoms with Crippen molar-refractivity contribution in [2.75, 3.05) is 6.61 Å². The summed E-state index contributed by atoms with van der Waals surface area (Å²) in [6.07, 6.45) is 0.722. The average molecular weight is 313 g/mol. The molecule has 0 heterocycles. The second-order valence-corrected chi connectivity index (χ2v) is 4.88. The van der Waals surface area contributed by atoms with Gasteiger partial charge in [-0.15, -0.1) is 0 Å². The van der Waals surface area contributed by atoms with Crippen molar-refractivity contribution in [3.05, 3.63) is 34.9 Å². The molecule has 0 amide bonds. The van der Waals surface area contributed by atoms with Crippen molar-refractivity contribution < 1.29 is 14.3 Å². The highest BCUT2D eigenvalue weighted by Crippen LogP contribution is 2.26. The van der Waals surface area contributed by atoms with Crippen LogP contribution >= 0.6 is 15.9 Å². The van der Waals surface area contributed by atoms with E-state index >= 15 is 0 Å². The number of rotatable bonds is 5. The van der Waals surface area contributed by atoms with Gasteiger partial charge in [-0.05, 0) is 37.5 Å². The van der Waals surface area contributed by atoms with Crippen molar-refractivity contribution in [1.82, 2.24) is 0 Å². The molecule has 1 unspecified atom stereocenters. The van der Waals surface area contributed by atoms with Crippen LogP contribution in [0.15, 0.2) is 18.2 Å². The molecule has 18 heavy (non-hydrogen) atoms. The summed E-state index contributed by atoms with van der Waals surface area (Å²) in [5, 5.41) is 0. The quantitative estimate of drug-likeness (QED) is 0.618. The Bertz CT molecular complexity index is 454. The third-order valence-corrected chi connectivity index (χ3v) is 3.83. The van der Waals surface area contributed by atoms with Gasteiger partial charge in [0.15, 0.2) is 0 Å². The first kappa shape index (κ1) is 14.9. The second kappa shape index (κ2) is 6.69. The van der Waals surface area contributed by atoms with E-state index in [4.69, 9.17) is 4.74 Å². The number of ketones is 1. The highest BCUT2D eigenvalue weighted by molar-refractivity contribution is 9.09. The molecule has 1 aromatic rings. The number of ether oxygens (including phenoxy) is 1. The van der Waals surface area contributed by atoms with Crippen LogP contribution < -0.4 is 0 Å². The average Bonchev–Trinajstić information content (AvgIpc) is 2.37. The van der Waals surface area contributed by atoms with Gasteiger partial charge in [0, 0.05) is 0 Å².